The van der Waals surface area contributed by atoms with Gasteiger partial charge in [-0.05, 0) is 18.2 Å². The average Bonchev–Trinajstić information content (AvgIpc) is 2.45. The molecular weight excluding hydrogens is 282 g/mol. The third-order valence-corrected chi connectivity index (χ3v) is 2.78. The normalized spacial score (nSPS) is 10.8. The average molecular weight is 304 g/mol. The summed E-state index contributed by atoms with van der Waals surface area (Å²) in [5.74, 6) is 0.784. The van der Waals surface area contributed by atoms with Crippen molar-refractivity contribution in [2.24, 2.45) is 0 Å². The Hall–Kier alpha value is -0.850. The van der Waals surface area contributed by atoms with Crippen LogP contribution in [0.2, 0.25) is 5.02 Å². The van der Waals surface area contributed by atoms with Crippen molar-refractivity contribution < 1.29 is 19.3 Å². The Morgan fingerprint density at radius 2 is 2.05 bits per heavy atom. The van der Waals surface area contributed by atoms with E-state index in [9.17, 15) is 0 Å². The second kappa shape index (κ2) is 10.9. The lowest BCUT2D eigenvalue weighted by molar-refractivity contribution is 0.0703. The molecule has 0 aliphatic heterocycles. The third kappa shape index (κ3) is 7.07. The molecule has 1 aromatic rings. The van der Waals surface area contributed by atoms with Crippen molar-refractivity contribution in [1.29, 1.82) is 0 Å². The van der Waals surface area contributed by atoms with Gasteiger partial charge in [-0.3, -0.25) is 0 Å². The van der Waals surface area contributed by atoms with E-state index >= 15 is 0 Å². The first-order valence-electron chi connectivity index (χ1n) is 6.57. The van der Waals surface area contributed by atoms with E-state index < -0.39 is 0 Å². The molecule has 1 rings (SSSR count). The van der Waals surface area contributed by atoms with Gasteiger partial charge in [0.05, 0.1) is 26.4 Å². The van der Waals surface area contributed by atoms with Gasteiger partial charge in [-0.25, -0.2) is 0 Å². The maximum atomic E-state index is 8.60. The summed E-state index contributed by atoms with van der Waals surface area (Å²) < 4.78 is 15.8. The SMILES string of the molecule is COCCNCc1cc(Cl)ccc1OCCOCCO. The number of hydrogen-bond acceptors (Lipinski definition) is 5. The van der Waals surface area contributed by atoms with Crippen LogP contribution < -0.4 is 10.1 Å². The summed E-state index contributed by atoms with van der Waals surface area (Å²) in [7, 11) is 1.67. The molecule has 0 heterocycles. The van der Waals surface area contributed by atoms with Crippen LogP contribution in [0, 0.1) is 0 Å². The Labute approximate surface area is 124 Å². The standard InChI is InChI=1S/C14H22ClNO4/c1-18-6-4-16-11-12-10-13(15)2-3-14(12)20-9-8-19-7-5-17/h2-3,10,16-17H,4-9,11H2,1H3. The van der Waals surface area contributed by atoms with Crippen LogP contribution in [-0.4, -0.2) is 51.8 Å². The predicted octanol–water partition coefficient (Wildman–Crippen LogP) is 1.46. The van der Waals surface area contributed by atoms with E-state index in [0.29, 0.717) is 38.0 Å². The molecule has 0 bridgehead atoms. The number of aliphatic hydroxyl groups excluding tert-OH is 1. The second-order valence-electron chi connectivity index (χ2n) is 4.11. The van der Waals surface area contributed by atoms with Gasteiger partial charge in [-0.2, -0.15) is 0 Å². The van der Waals surface area contributed by atoms with Gasteiger partial charge in [0.2, 0.25) is 0 Å². The van der Waals surface area contributed by atoms with E-state index in [4.69, 9.17) is 30.9 Å². The van der Waals surface area contributed by atoms with Crippen molar-refractivity contribution in [3.63, 3.8) is 0 Å². The summed E-state index contributed by atoms with van der Waals surface area (Å²) in [6.45, 7) is 3.32. The maximum Gasteiger partial charge on any atom is 0.124 e. The van der Waals surface area contributed by atoms with Crippen LogP contribution in [0.25, 0.3) is 0 Å². The Morgan fingerprint density at radius 3 is 2.80 bits per heavy atom. The van der Waals surface area contributed by atoms with Gasteiger partial charge in [-0.1, -0.05) is 11.6 Å². The highest BCUT2D eigenvalue weighted by molar-refractivity contribution is 6.30. The zero-order chi connectivity index (χ0) is 14.6. The Kier molecular flexibility index (Phi) is 9.36. The van der Waals surface area contributed by atoms with Crippen molar-refractivity contribution in [1.82, 2.24) is 5.32 Å². The minimum absolute atomic E-state index is 0.0234. The summed E-state index contributed by atoms with van der Waals surface area (Å²) in [6.07, 6.45) is 0. The monoisotopic (exact) mass is 303 g/mol. The van der Waals surface area contributed by atoms with Gasteiger partial charge < -0.3 is 24.6 Å². The number of aliphatic hydroxyl groups is 1. The molecule has 0 amide bonds. The molecule has 0 aliphatic carbocycles. The van der Waals surface area contributed by atoms with Crippen molar-refractivity contribution in [3.05, 3.63) is 28.8 Å². The smallest absolute Gasteiger partial charge is 0.124 e. The molecule has 0 saturated carbocycles. The topological polar surface area (TPSA) is 60.0 Å². The Bertz CT molecular complexity index is 376. The lowest BCUT2D eigenvalue weighted by Crippen LogP contribution is -2.19. The van der Waals surface area contributed by atoms with Gasteiger partial charge >= 0.3 is 0 Å². The van der Waals surface area contributed by atoms with E-state index in [2.05, 4.69) is 5.32 Å². The van der Waals surface area contributed by atoms with Gasteiger partial charge in [0.1, 0.15) is 12.4 Å². The van der Waals surface area contributed by atoms with Crippen LogP contribution in [0.1, 0.15) is 5.56 Å². The quantitative estimate of drug-likeness (QED) is 0.606. The summed E-state index contributed by atoms with van der Waals surface area (Å²) >= 11 is 6.00. The fourth-order valence-electron chi connectivity index (χ4n) is 1.60. The molecule has 0 atom stereocenters. The zero-order valence-corrected chi connectivity index (χ0v) is 12.5. The number of ether oxygens (including phenoxy) is 3. The van der Waals surface area contributed by atoms with Gasteiger partial charge in [-0.15, -0.1) is 0 Å². The molecule has 114 valence electrons. The molecule has 0 saturated heterocycles. The van der Waals surface area contributed by atoms with Gasteiger partial charge in [0.25, 0.3) is 0 Å². The molecule has 5 nitrogen and oxygen atoms in total. The molecule has 20 heavy (non-hydrogen) atoms. The molecule has 0 aliphatic rings. The predicted molar refractivity (Wildman–Crippen MR) is 78.4 cm³/mol. The largest absolute Gasteiger partial charge is 0.491 e. The molecule has 0 fully saturated rings. The maximum absolute atomic E-state index is 8.60. The minimum atomic E-state index is 0.0234. The van der Waals surface area contributed by atoms with Crippen LogP contribution in [0.3, 0.4) is 0 Å². The van der Waals surface area contributed by atoms with Crippen LogP contribution in [0.5, 0.6) is 5.75 Å². The number of benzene rings is 1. The summed E-state index contributed by atoms with van der Waals surface area (Å²) in [5, 5.41) is 12.5. The summed E-state index contributed by atoms with van der Waals surface area (Å²) in [4.78, 5) is 0. The molecule has 0 unspecified atom stereocenters. The van der Waals surface area contributed by atoms with Crippen molar-refractivity contribution >= 4 is 11.6 Å². The molecule has 6 heteroatoms. The van der Waals surface area contributed by atoms with E-state index in [0.717, 1.165) is 17.9 Å². The molecule has 0 spiro atoms. The third-order valence-electron chi connectivity index (χ3n) is 2.54. The number of methoxy groups -OCH3 is 1. The first-order valence-corrected chi connectivity index (χ1v) is 6.95. The van der Waals surface area contributed by atoms with Crippen molar-refractivity contribution in [2.45, 2.75) is 6.54 Å². The van der Waals surface area contributed by atoms with Crippen LogP contribution >= 0.6 is 11.6 Å². The lowest BCUT2D eigenvalue weighted by atomic mass is 10.2. The highest BCUT2D eigenvalue weighted by Crippen LogP contribution is 2.22. The lowest BCUT2D eigenvalue weighted by Gasteiger charge is -2.13. The number of rotatable bonds is 11. The minimum Gasteiger partial charge on any atom is -0.491 e. The van der Waals surface area contributed by atoms with E-state index in [1.807, 2.05) is 12.1 Å². The van der Waals surface area contributed by atoms with Crippen molar-refractivity contribution in [3.8, 4) is 5.75 Å². The fraction of sp³-hybridized carbons (Fsp3) is 0.571. The molecular formula is C14H22ClNO4. The number of nitrogens with one attached hydrogen (secondary N) is 1. The Balaban J connectivity index is 2.42. The molecule has 1 aromatic carbocycles. The Morgan fingerprint density at radius 1 is 1.20 bits per heavy atom. The molecule has 0 aromatic heterocycles. The molecule has 0 radical (unpaired) electrons. The number of halogens is 1. The second-order valence-corrected chi connectivity index (χ2v) is 4.54. The van der Waals surface area contributed by atoms with Crippen LogP contribution in [0.4, 0.5) is 0 Å². The van der Waals surface area contributed by atoms with Crippen molar-refractivity contribution in [2.75, 3.05) is 46.7 Å². The first kappa shape index (κ1) is 17.2. The fourth-order valence-corrected chi connectivity index (χ4v) is 1.80. The zero-order valence-electron chi connectivity index (χ0n) is 11.7. The highest BCUT2D eigenvalue weighted by Gasteiger charge is 2.05. The van der Waals surface area contributed by atoms with E-state index in [1.54, 1.807) is 13.2 Å². The molecule has 2 N–H and O–H groups in total. The van der Waals surface area contributed by atoms with Gasteiger partial charge in [0, 0.05) is 30.8 Å². The van der Waals surface area contributed by atoms with Crippen LogP contribution in [0.15, 0.2) is 18.2 Å². The highest BCUT2D eigenvalue weighted by atomic mass is 35.5. The van der Waals surface area contributed by atoms with E-state index in [-0.39, 0.29) is 6.61 Å². The summed E-state index contributed by atoms with van der Waals surface area (Å²) in [6, 6.07) is 5.52. The summed E-state index contributed by atoms with van der Waals surface area (Å²) in [5.41, 5.74) is 0.996. The number of hydrogen-bond donors (Lipinski definition) is 2. The van der Waals surface area contributed by atoms with Crippen LogP contribution in [-0.2, 0) is 16.0 Å². The first-order chi connectivity index (χ1) is 9.77. The van der Waals surface area contributed by atoms with Gasteiger partial charge in [0.15, 0.2) is 0 Å². The van der Waals surface area contributed by atoms with E-state index in [1.165, 1.54) is 0 Å².